The Kier molecular flexibility index (Phi) is 2.43. The predicted octanol–water partition coefficient (Wildman–Crippen LogP) is 3.60. The summed E-state index contributed by atoms with van der Waals surface area (Å²) in [5, 5.41) is 3.82. The third kappa shape index (κ3) is 1.49. The summed E-state index contributed by atoms with van der Waals surface area (Å²) in [5.74, 6) is 0.304. The summed E-state index contributed by atoms with van der Waals surface area (Å²) >= 11 is 13.1. The molecule has 0 saturated carbocycles. The Morgan fingerprint density at radius 1 is 1.50 bits per heavy atom. The SMILES string of the molecule is Cc1c(-c2cc(Cl)sc2Cl)noc1N. The zero-order valence-electron chi connectivity index (χ0n) is 7.17. The smallest absolute Gasteiger partial charge is 0.225 e. The molecule has 74 valence electrons. The fraction of sp³-hybridized carbons (Fsp3) is 0.125. The molecule has 0 bridgehead atoms. The van der Waals surface area contributed by atoms with E-state index in [1.807, 2.05) is 6.92 Å². The van der Waals surface area contributed by atoms with Crippen molar-refractivity contribution in [1.29, 1.82) is 0 Å². The molecule has 0 atom stereocenters. The van der Waals surface area contributed by atoms with Crippen LogP contribution in [-0.4, -0.2) is 5.16 Å². The van der Waals surface area contributed by atoms with Crippen LogP contribution in [0.1, 0.15) is 5.56 Å². The predicted molar refractivity (Wildman–Crippen MR) is 59.0 cm³/mol. The minimum absolute atomic E-state index is 0.304. The van der Waals surface area contributed by atoms with Gasteiger partial charge in [-0.15, -0.1) is 11.3 Å². The molecule has 0 spiro atoms. The molecule has 0 radical (unpaired) electrons. The molecule has 0 aromatic carbocycles. The maximum atomic E-state index is 5.97. The highest BCUT2D eigenvalue weighted by Gasteiger charge is 2.16. The summed E-state index contributed by atoms with van der Waals surface area (Å²) in [6, 6.07) is 1.75. The van der Waals surface area contributed by atoms with E-state index in [9.17, 15) is 0 Å². The van der Waals surface area contributed by atoms with Crippen molar-refractivity contribution in [3.05, 3.63) is 20.3 Å². The minimum atomic E-state index is 0.304. The number of rotatable bonds is 1. The molecule has 2 aromatic rings. The van der Waals surface area contributed by atoms with E-state index in [0.29, 0.717) is 20.3 Å². The van der Waals surface area contributed by atoms with Crippen LogP contribution in [0.5, 0.6) is 0 Å². The molecule has 6 heteroatoms. The second-order valence-corrected chi connectivity index (χ2v) is 5.04. The number of aromatic nitrogens is 1. The fourth-order valence-corrected chi connectivity index (χ4v) is 2.57. The van der Waals surface area contributed by atoms with E-state index in [1.54, 1.807) is 6.07 Å². The van der Waals surface area contributed by atoms with Gasteiger partial charge in [-0.25, -0.2) is 0 Å². The molecule has 2 rings (SSSR count). The summed E-state index contributed by atoms with van der Waals surface area (Å²) in [6.45, 7) is 1.82. The van der Waals surface area contributed by atoms with Crippen LogP contribution in [-0.2, 0) is 0 Å². The molecule has 0 amide bonds. The van der Waals surface area contributed by atoms with E-state index < -0.39 is 0 Å². The van der Waals surface area contributed by atoms with Crippen molar-refractivity contribution < 1.29 is 4.52 Å². The second-order valence-electron chi connectivity index (χ2n) is 2.76. The van der Waals surface area contributed by atoms with Gasteiger partial charge in [0.05, 0.1) is 4.34 Å². The Labute approximate surface area is 94.4 Å². The molecule has 0 aliphatic carbocycles. The molecule has 0 saturated heterocycles. The lowest BCUT2D eigenvalue weighted by atomic mass is 10.1. The molecular weight excluding hydrogens is 243 g/mol. The van der Waals surface area contributed by atoms with Gasteiger partial charge in [0.2, 0.25) is 5.88 Å². The molecule has 3 nitrogen and oxygen atoms in total. The topological polar surface area (TPSA) is 52.0 Å². The highest BCUT2D eigenvalue weighted by molar-refractivity contribution is 7.20. The van der Waals surface area contributed by atoms with Crippen molar-refractivity contribution in [2.75, 3.05) is 5.73 Å². The van der Waals surface area contributed by atoms with Crippen LogP contribution in [0, 0.1) is 6.92 Å². The molecule has 0 fully saturated rings. The number of anilines is 1. The lowest BCUT2D eigenvalue weighted by molar-refractivity contribution is 0.439. The monoisotopic (exact) mass is 248 g/mol. The molecule has 0 aliphatic rings. The van der Waals surface area contributed by atoms with E-state index in [4.69, 9.17) is 33.5 Å². The van der Waals surface area contributed by atoms with Crippen LogP contribution >= 0.6 is 34.5 Å². The largest absolute Gasteiger partial charge is 0.367 e. The standard InChI is InChI=1S/C8H6Cl2N2OS/c1-3-6(12-13-8(3)11)4-2-5(9)14-7(4)10/h2H,11H2,1H3. The van der Waals surface area contributed by atoms with Gasteiger partial charge in [-0.1, -0.05) is 28.4 Å². The normalized spacial score (nSPS) is 10.8. The van der Waals surface area contributed by atoms with Crippen LogP contribution in [0.15, 0.2) is 10.6 Å². The van der Waals surface area contributed by atoms with Gasteiger partial charge in [-0.2, -0.15) is 0 Å². The van der Waals surface area contributed by atoms with E-state index in [1.165, 1.54) is 11.3 Å². The Balaban J connectivity index is 2.59. The number of hydrogen-bond acceptors (Lipinski definition) is 4. The van der Waals surface area contributed by atoms with Crippen molar-refractivity contribution in [3.63, 3.8) is 0 Å². The fourth-order valence-electron chi connectivity index (χ4n) is 1.10. The van der Waals surface area contributed by atoms with E-state index >= 15 is 0 Å². The van der Waals surface area contributed by atoms with Gasteiger partial charge in [-0.05, 0) is 13.0 Å². The number of hydrogen-bond donors (Lipinski definition) is 1. The van der Waals surface area contributed by atoms with E-state index in [-0.39, 0.29) is 0 Å². The number of nitrogens with two attached hydrogens (primary N) is 1. The van der Waals surface area contributed by atoms with Crippen molar-refractivity contribution >= 4 is 40.4 Å². The van der Waals surface area contributed by atoms with Crippen molar-refractivity contribution in [2.45, 2.75) is 6.92 Å². The zero-order valence-corrected chi connectivity index (χ0v) is 9.50. The number of thiophene rings is 1. The summed E-state index contributed by atoms with van der Waals surface area (Å²) in [7, 11) is 0. The van der Waals surface area contributed by atoms with Gasteiger partial charge in [-0.3, -0.25) is 0 Å². The summed E-state index contributed by atoms with van der Waals surface area (Å²) in [5.41, 5.74) is 7.72. The molecule has 0 unspecified atom stereocenters. The average Bonchev–Trinajstić information content (AvgIpc) is 2.59. The molecular formula is C8H6Cl2N2OS. The minimum Gasteiger partial charge on any atom is -0.367 e. The lowest BCUT2D eigenvalue weighted by Gasteiger charge is -1.92. The van der Waals surface area contributed by atoms with Crippen LogP contribution < -0.4 is 5.73 Å². The summed E-state index contributed by atoms with van der Waals surface area (Å²) in [6.07, 6.45) is 0. The van der Waals surface area contributed by atoms with Crippen LogP contribution in [0.3, 0.4) is 0 Å². The third-order valence-electron chi connectivity index (χ3n) is 1.87. The Bertz CT molecular complexity index is 478. The third-order valence-corrected chi connectivity index (χ3v) is 3.36. The zero-order chi connectivity index (χ0) is 10.3. The number of halogens is 2. The van der Waals surface area contributed by atoms with Crippen molar-refractivity contribution in [1.82, 2.24) is 5.16 Å². The highest BCUT2D eigenvalue weighted by atomic mass is 35.5. The first-order valence-corrected chi connectivity index (χ1v) is 5.33. The summed E-state index contributed by atoms with van der Waals surface area (Å²) in [4.78, 5) is 0. The van der Waals surface area contributed by atoms with Crippen LogP contribution in [0.25, 0.3) is 11.3 Å². The van der Waals surface area contributed by atoms with Gasteiger partial charge < -0.3 is 10.3 Å². The van der Waals surface area contributed by atoms with Crippen LogP contribution in [0.2, 0.25) is 8.67 Å². The number of nitrogens with zero attached hydrogens (tertiary/aromatic N) is 1. The second kappa shape index (κ2) is 3.46. The first-order valence-electron chi connectivity index (χ1n) is 3.76. The van der Waals surface area contributed by atoms with Gasteiger partial charge in [0, 0.05) is 11.1 Å². The molecule has 2 N–H and O–H groups in total. The Morgan fingerprint density at radius 2 is 2.21 bits per heavy atom. The van der Waals surface area contributed by atoms with Crippen LogP contribution in [0.4, 0.5) is 5.88 Å². The maximum Gasteiger partial charge on any atom is 0.225 e. The van der Waals surface area contributed by atoms with Crippen molar-refractivity contribution in [3.8, 4) is 11.3 Å². The quantitative estimate of drug-likeness (QED) is 0.839. The van der Waals surface area contributed by atoms with Gasteiger partial charge in [0.15, 0.2) is 0 Å². The van der Waals surface area contributed by atoms with Gasteiger partial charge in [0.25, 0.3) is 0 Å². The Morgan fingerprint density at radius 3 is 2.64 bits per heavy atom. The van der Waals surface area contributed by atoms with E-state index in [0.717, 1.165) is 11.1 Å². The number of nitrogen functional groups attached to an aromatic ring is 1. The van der Waals surface area contributed by atoms with Crippen molar-refractivity contribution in [2.24, 2.45) is 0 Å². The maximum absolute atomic E-state index is 5.97. The van der Waals surface area contributed by atoms with E-state index in [2.05, 4.69) is 5.16 Å². The lowest BCUT2D eigenvalue weighted by Crippen LogP contribution is -1.84. The van der Waals surface area contributed by atoms with Gasteiger partial charge in [0.1, 0.15) is 10.0 Å². The highest BCUT2D eigenvalue weighted by Crippen LogP contribution is 2.39. The molecule has 0 aliphatic heterocycles. The first-order chi connectivity index (χ1) is 6.59. The molecule has 2 aromatic heterocycles. The average molecular weight is 249 g/mol. The molecule has 14 heavy (non-hydrogen) atoms. The Hall–Kier alpha value is -0.710. The van der Waals surface area contributed by atoms with Gasteiger partial charge >= 0.3 is 0 Å². The summed E-state index contributed by atoms with van der Waals surface area (Å²) < 4.78 is 6.05. The first kappa shape index (κ1) is 9.83. The molecule has 2 heterocycles.